The van der Waals surface area contributed by atoms with Crippen LogP contribution in [0.15, 0.2) is 29.2 Å². The number of hydrogen-bond acceptors (Lipinski definition) is 8. The van der Waals surface area contributed by atoms with E-state index in [1.54, 1.807) is 11.9 Å². The standard InChI is InChI=1S/C24H28F2N4O7/c1-14(19-12-36-7-8-37-19)29-13-28(5-6-35-2)30-11-17(21(31)22(32)20(30)24(29)34)23(33)27-10-15-3-4-16(25)9-18(15)26/h3-4,9,11,14,19,32H,5-8,10,12-13H2,1-2H3,(H,27,33). The van der Waals surface area contributed by atoms with Crippen molar-refractivity contribution in [3.8, 4) is 5.75 Å². The molecule has 2 aliphatic heterocycles. The molecule has 2 aliphatic rings. The third kappa shape index (κ3) is 5.43. The Hall–Kier alpha value is -3.55. The minimum atomic E-state index is -1.06. The highest BCUT2D eigenvalue weighted by molar-refractivity contribution is 5.99. The first-order valence-corrected chi connectivity index (χ1v) is 11.7. The molecular formula is C24H28F2N4O7. The van der Waals surface area contributed by atoms with Crippen molar-refractivity contribution in [3.63, 3.8) is 0 Å². The summed E-state index contributed by atoms with van der Waals surface area (Å²) >= 11 is 0. The summed E-state index contributed by atoms with van der Waals surface area (Å²) in [6.45, 7) is 3.14. The molecule has 4 rings (SSSR count). The maximum Gasteiger partial charge on any atom is 0.278 e. The van der Waals surface area contributed by atoms with Gasteiger partial charge in [-0.25, -0.2) is 8.78 Å². The summed E-state index contributed by atoms with van der Waals surface area (Å²) in [5.41, 5.74) is -1.82. The van der Waals surface area contributed by atoms with Crippen LogP contribution < -0.4 is 15.8 Å². The monoisotopic (exact) mass is 522 g/mol. The molecule has 0 bridgehead atoms. The number of carbonyl (C=O) groups excluding carboxylic acids is 2. The molecule has 3 heterocycles. The fraction of sp³-hybridized carbons (Fsp3) is 0.458. The lowest BCUT2D eigenvalue weighted by atomic mass is 10.1. The number of carbonyl (C=O) groups is 2. The second kappa shape index (κ2) is 11.2. The number of fused-ring (bicyclic) bond motifs is 1. The van der Waals surface area contributed by atoms with Crippen LogP contribution in [0.2, 0.25) is 0 Å². The Balaban J connectivity index is 1.64. The Labute approximate surface area is 211 Å². The molecule has 13 heteroatoms. The van der Waals surface area contributed by atoms with E-state index >= 15 is 0 Å². The summed E-state index contributed by atoms with van der Waals surface area (Å²) in [6, 6.07) is 2.44. The molecule has 2 unspecified atom stereocenters. The van der Waals surface area contributed by atoms with Crippen LogP contribution in [0.25, 0.3) is 0 Å². The summed E-state index contributed by atoms with van der Waals surface area (Å²) in [6.07, 6.45) is 0.753. The molecule has 1 aromatic carbocycles. The first kappa shape index (κ1) is 26.5. The molecule has 1 saturated heterocycles. The van der Waals surface area contributed by atoms with Crippen molar-refractivity contribution >= 4 is 11.8 Å². The van der Waals surface area contributed by atoms with Gasteiger partial charge in [-0.1, -0.05) is 6.07 Å². The quantitative estimate of drug-likeness (QED) is 0.516. The number of pyridine rings is 1. The van der Waals surface area contributed by atoms with Crippen molar-refractivity contribution in [2.45, 2.75) is 25.6 Å². The predicted molar refractivity (Wildman–Crippen MR) is 126 cm³/mol. The van der Waals surface area contributed by atoms with E-state index in [-0.39, 0.29) is 44.2 Å². The van der Waals surface area contributed by atoms with E-state index < -0.39 is 52.3 Å². The van der Waals surface area contributed by atoms with Crippen LogP contribution in [-0.2, 0) is 20.8 Å². The molecule has 11 nitrogen and oxygen atoms in total. The van der Waals surface area contributed by atoms with Gasteiger partial charge in [-0.05, 0) is 13.0 Å². The van der Waals surface area contributed by atoms with Gasteiger partial charge in [0.25, 0.3) is 11.8 Å². The first-order chi connectivity index (χ1) is 17.7. The number of amides is 2. The summed E-state index contributed by atoms with van der Waals surface area (Å²) in [4.78, 5) is 40.7. The summed E-state index contributed by atoms with van der Waals surface area (Å²) < 4.78 is 44.7. The lowest BCUT2D eigenvalue weighted by Gasteiger charge is -2.44. The summed E-state index contributed by atoms with van der Waals surface area (Å²) in [7, 11) is 1.50. The molecular weight excluding hydrogens is 494 g/mol. The number of rotatable bonds is 8. The smallest absolute Gasteiger partial charge is 0.278 e. The van der Waals surface area contributed by atoms with Gasteiger partial charge in [0.1, 0.15) is 30.0 Å². The number of benzene rings is 1. The Kier molecular flexibility index (Phi) is 8.05. The normalized spacial score (nSPS) is 18.5. The van der Waals surface area contributed by atoms with Gasteiger partial charge in [0.05, 0.1) is 39.0 Å². The van der Waals surface area contributed by atoms with E-state index in [0.717, 1.165) is 12.3 Å². The number of halogens is 2. The summed E-state index contributed by atoms with van der Waals surface area (Å²) in [5, 5.41) is 14.8. The number of hydrogen-bond donors (Lipinski definition) is 2. The first-order valence-electron chi connectivity index (χ1n) is 11.7. The van der Waals surface area contributed by atoms with Crippen LogP contribution in [0.5, 0.6) is 5.75 Å². The van der Waals surface area contributed by atoms with Gasteiger partial charge in [0.2, 0.25) is 5.43 Å². The van der Waals surface area contributed by atoms with Gasteiger partial charge in [-0.3, -0.25) is 24.1 Å². The number of ether oxygens (including phenoxy) is 3. The van der Waals surface area contributed by atoms with Crippen molar-refractivity contribution in [1.29, 1.82) is 0 Å². The van der Waals surface area contributed by atoms with Crippen LogP contribution in [0.4, 0.5) is 8.78 Å². The van der Waals surface area contributed by atoms with E-state index in [9.17, 15) is 28.3 Å². The van der Waals surface area contributed by atoms with Gasteiger partial charge in [-0.2, -0.15) is 0 Å². The molecule has 2 N–H and O–H groups in total. The predicted octanol–water partition coefficient (Wildman–Crippen LogP) is 0.564. The van der Waals surface area contributed by atoms with Crippen molar-refractivity contribution in [3.05, 3.63) is 63.1 Å². The largest absolute Gasteiger partial charge is 0.502 e. The van der Waals surface area contributed by atoms with E-state index in [2.05, 4.69) is 5.32 Å². The number of aromatic nitrogens is 1. The molecule has 0 radical (unpaired) electrons. The van der Waals surface area contributed by atoms with Crippen molar-refractivity contribution in [2.24, 2.45) is 0 Å². The zero-order chi connectivity index (χ0) is 26.7. The van der Waals surface area contributed by atoms with E-state index in [4.69, 9.17) is 14.2 Å². The maximum atomic E-state index is 13.9. The molecule has 2 amide bonds. The fourth-order valence-corrected chi connectivity index (χ4v) is 4.23. The minimum Gasteiger partial charge on any atom is -0.502 e. The van der Waals surface area contributed by atoms with Gasteiger partial charge in [-0.15, -0.1) is 0 Å². The minimum absolute atomic E-state index is 0.00692. The van der Waals surface area contributed by atoms with Gasteiger partial charge in [0, 0.05) is 31.5 Å². The molecule has 37 heavy (non-hydrogen) atoms. The van der Waals surface area contributed by atoms with Gasteiger partial charge < -0.3 is 29.5 Å². The van der Waals surface area contributed by atoms with Crippen LogP contribution in [0.3, 0.4) is 0 Å². The molecule has 1 aromatic heterocycles. The average Bonchev–Trinajstić information content (AvgIpc) is 2.89. The number of methoxy groups -OCH3 is 1. The highest BCUT2D eigenvalue weighted by Gasteiger charge is 2.39. The van der Waals surface area contributed by atoms with Gasteiger partial charge >= 0.3 is 0 Å². The SMILES string of the molecule is COCCN1CN(C(C)C2COCCO2)C(=O)c2c(O)c(=O)c(C(=O)NCc3ccc(F)cc3F)cn21. The lowest BCUT2D eigenvalue weighted by Crippen LogP contribution is -2.60. The average molecular weight is 523 g/mol. The van der Waals surface area contributed by atoms with Crippen LogP contribution in [-0.4, -0.2) is 85.4 Å². The number of aromatic hydroxyl groups is 1. The molecule has 0 saturated carbocycles. The number of nitrogens with zero attached hydrogens (tertiary/aromatic N) is 3. The van der Waals surface area contributed by atoms with E-state index in [1.165, 1.54) is 22.8 Å². The Bertz CT molecular complexity index is 1230. The topological polar surface area (TPSA) is 123 Å². The molecule has 0 spiro atoms. The van der Waals surface area contributed by atoms with E-state index in [0.29, 0.717) is 19.3 Å². The second-order valence-electron chi connectivity index (χ2n) is 8.70. The molecule has 2 atom stereocenters. The van der Waals surface area contributed by atoms with Crippen LogP contribution in [0.1, 0.15) is 33.3 Å². The van der Waals surface area contributed by atoms with Crippen molar-refractivity contribution in [2.75, 3.05) is 51.8 Å². The zero-order valence-corrected chi connectivity index (χ0v) is 20.4. The van der Waals surface area contributed by atoms with Gasteiger partial charge in [0.15, 0.2) is 11.4 Å². The Morgan fingerprint density at radius 1 is 1.30 bits per heavy atom. The number of nitrogens with one attached hydrogen (secondary N) is 1. The molecule has 1 fully saturated rings. The molecule has 0 aliphatic carbocycles. The zero-order valence-electron chi connectivity index (χ0n) is 20.4. The van der Waals surface area contributed by atoms with Crippen molar-refractivity contribution in [1.82, 2.24) is 14.9 Å². The van der Waals surface area contributed by atoms with Crippen LogP contribution in [0, 0.1) is 11.6 Å². The highest BCUT2D eigenvalue weighted by Crippen LogP contribution is 2.25. The summed E-state index contributed by atoms with van der Waals surface area (Å²) in [5.74, 6) is -4.04. The molecule has 200 valence electrons. The van der Waals surface area contributed by atoms with E-state index in [1.807, 2.05) is 0 Å². The third-order valence-corrected chi connectivity index (χ3v) is 6.37. The van der Waals surface area contributed by atoms with Crippen molar-refractivity contribution < 1.29 is 37.7 Å². The molecule has 2 aromatic rings. The highest BCUT2D eigenvalue weighted by atomic mass is 19.1. The Morgan fingerprint density at radius 3 is 2.76 bits per heavy atom. The second-order valence-corrected chi connectivity index (χ2v) is 8.70. The third-order valence-electron chi connectivity index (χ3n) is 6.37. The fourth-order valence-electron chi connectivity index (χ4n) is 4.23. The van der Waals surface area contributed by atoms with Crippen LogP contribution >= 0.6 is 0 Å². The Morgan fingerprint density at radius 2 is 2.08 bits per heavy atom. The lowest BCUT2D eigenvalue weighted by molar-refractivity contribution is -0.112. The maximum absolute atomic E-state index is 13.9.